The van der Waals surface area contributed by atoms with Crippen molar-refractivity contribution in [1.82, 2.24) is 14.5 Å². The lowest BCUT2D eigenvalue weighted by molar-refractivity contribution is 0.209. The second kappa shape index (κ2) is 4.92. The summed E-state index contributed by atoms with van der Waals surface area (Å²) in [5.41, 5.74) is 2.47. The van der Waals surface area contributed by atoms with Crippen molar-refractivity contribution in [1.29, 1.82) is 0 Å². The summed E-state index contributed by atoms with van der Waals surface area (Å²) < 4.78 is 7.75. The number of hydrogen-bond acceptors (Lipinski definition) is 4. The van der Waals surface area contributed by atoms with Crippen LogP contribution in [-0.4, -0.2) is 21.0 Å². The van der Waals surface area contributed by atoms with E-state index in [2.05, 4.69) is 31.3 Å². The molecule has 0 amide bonds. The van der Waals surface area contributed by atoms with Gasteiger partial charge in [-0.15, -0.1) is 0 Å². The Morgan fingerprint density at radius 1 is 1.30 bits per heavy atom. The molecule has 0 saturated heterocycles. The van der Waals surface area contributed by atoms with Crippen LogP contribution in [0.2, 0.25) is 0 Å². The second-order valence-corrected chi connectivity index (χ2v) is 5.81. The highest BCUT2D eigenvalue weighted by Gasteiger charge is 2.21. The van der Waals surface area contributed by atoms with Crippen LogP contribution in [0.15, 0.2) is 45.8 Å². The molecule has 102 valence electrons. The highest BCUT2D eigenvalue weighted by atomic mass is 32.1. The Bertz CT molecular complexity index is 685. The van der Waals surface area contributed by atoms with E-state index in [1.807, 2.05) is 18.3 Å². The quantitative estimate of drug-likeness (QED) is 0.741. The molecule has 0 bridgehead atoms. The summed E-state index contributed by atoms with van der Waals surface area (Å²) in [5.74, 6) is 2.02. The van der Waals surface area contributed by atoms with Gasteiger partial charge in [0, 0.05) is 19.6 Å². The Morgan fingerprint density at radius 3 is 3.10 bits per heavy atom. The molecule has 0 aromatic carbocycles. The van der Waals surface area contributed by atoms with E-state index in [0.29, 0.717) is 0 Å². The zero-order chi connectivity index (χ0) is 13.4. The average molecular weight is 285 g/mol. The van der Waals surface area contributed by atoms with Crippen LogP contribution >= 0.6 is 11.3 Å². The van der Waals surface area contributed by atoms with Crippen LogP contribution in [0, 0.1) is 0 Å². The number of fused-ring (bicyclic) bond motifs is 1. The Hall–Kier alpha value is -1.85. The zero-order valence-electron chi connectivity index (χ0n) is 11.0. The van der Waals surface area contributed by atoms with Crippen LogP contribution in [0.3, 0.4) is 0 Å². The molecule has 20 heavy (non-hydrogen) atoms. The lowest BCUT2D eigenvalue weighted by atomic mass is 10.2. The predicted molar refractivity (Wildman–Crippen MR) is 78.4 cm³/mol. The number of furan rings is 1. The van der Waals surface area contributed by atoms with E-state index in [4.69, 9.17) is 4.42 Å². The molecule has 0 radical (unpaired) electrons. The maximum Gasteiger partial charge on any atom is 0.151 e. The predicted octanol–water partition coefficient (Wildman–Crippen LogP) is 3.22. The number of rotatable bonds is 3. The maximum atomic E-state index is 5.48. The van der Waals surface area contributed by atoms with Crippen LogP contribution in [-0.2, 0) is 19.6 Å². The molecular formula is C15H15N3OS. The van der Waals surface area contributed by atoms with Crippen LogP contribution in [0.5, 0.6) is 0 Å². The van der Waals surface area contributed by atoms with Gasteiger partial charge in [-0.05, 0) is 34.5 Å². The molecule has 0 spiro atoms. The van der Waals surface area contributed by atoms with E-state index in [1.54, 1.807) is 17.6 Å². The van der Waals surface area contributed by atoms with E-state index in [9.17, 15) is 0 Å². The summed E-state index contributed by atoms with van der Waals surface area (Å²) in [4.78, 5) is 7.00. The van der Waals surface area contributed by atoms with Gasteiger partial charge >= 0.3 is 0 Å². The van der Waals surface area contributed by atoms with Gasteiger partial charge in [0.2, 0.25) is 0 Å². The first-order valence-electron chi connectivity index (χ1n) is 6.72. The molecule has 0 aliphatic carbocycles. The number of nitrogens with zero attached hydrogens (tertiary/aromatic N) is 3. The molecule has 4 nitrogen and oxygen atoms in total. The minimum absolute atomic E-state index is 0.898. The van der Waals surface area contributed by atoms with Gasteiger partial charge in [-0.3, -0.25) is 4.90 Å². The van der Waals surface area contributed by atoms with Gasteiger partial charge in [0.15, 0.2) is 5.76 Å². The summed E-state index contributed by atoms with van der Waals surface area (Å²) in [6.45, 7) is 3.92. The Labute approximate surface area is 121 Å². The summed E-state index contributed by atoms with van der Waals surface area (Å²) >= 11 is 1.76. The molecule has 1 aliphatic heterocycles. The third kappa shape index (κ3) is 2.09. The van der Waals surface area contributed by atoms with Gasteiger partial charge in [0.25, 0.3) is 0 Å². The van der Waals surface area contributed by atoms with Crippen molar-refractivity contribution in [2.45, 2.75) is 19.6 Å². The first-order chi connectivity index (χ1) is 9.90. The Balaban J connectivity index is 1.56. The molecule has 4 rings (SSSR count). The molecule has 3 aromatic rings. The fourth-order valence-electron chi connectivity index (χ4n) is 2.71. The lowest BCUT2D eigenvalue weighted by Crippen LogP contribution is -2.33. The molecule has 4 heterocycles. The summed E-state index contributed by atoms with van der Waals surface area (Å²) in [6.07, 6.45) is 3.63. The molecule has 3 aromatic heterocycles. The minimum atomic E-state index is 0.898. The van der Waals surface area contributed by atoms with Crippen molar-refractivity contribution in [2.24, 2.45) is 0 Å². The van der Waals surface area contributed by atoms with Crippen LogP contribution in [0.1, 0.15) is 11.4 Å². The Morgan fingerprint density at radius 2 is 2.30 bits per heavy atom. The van der Waals surface area contributed by atoms with Crippen LogP contribution < -0.4 is 0 Å². The minimum Gasteiger partial charge on any atom is -0.463 e. The van der Waals surface area contributed by atoms with Crippen molar-refractivity contribution >= 4 is 11.3 Å². The first kappa shape index (κ1) is 11.9. The number of aromatic nitrogens is 2. The fraction of sp³-hybridized carbons (Fsp3) is 0.267. The van der Waals surface area contributed by atoms with E-state index in [-0.39, 0.29) is 0 Å². The maximum absolute atomic E-state index is 5.48. The third-order valence-electron chi connectivity index (χ3n) is 3.70. The molecule has 1 aliphatic rings. The van der Waals surface area contributed by atoms with Crippen molar-refractivity contribution in [3.8, 4) is 11.5 Å². The van der Waals surface area contributed by atoms with Gasteiger partial charge in [0.1, 0.15) is 11.5 Å². The van der Waals surface area contributed by atoms with Gasteiger partial charge in [0.05, 0.1) is 19.0 Å². The van der Waals surface area contributed by atoms with Gasteiger partial charge in [-0.25, -0.2) is 4.98 Å². The molecule has 0 N–H and O–H groups in total. The number of thiophene rings is 1. The van der Waals surface area contributed by atoms with Gasteiger partial charge in [-0.1, -0.05) is 0 Å². The first-order valence-corrected chi connectivity index (χ1v) is 7.66. The third-order valence-corrected chi connectivity index (χ3v) is 4.44. The van der Waals surface area contributed by atoms with Crippen molar-refractivity contribution in [3.63, 3.8) is 0 Å². The molecule has 0 unspecified atom stereocenters. The topological polar surface area (TPSA) is 34.2 Å². The van der Waals surface area contributed by atoms with E-state index < -0.39 is 0 Å². The number of imidazole rings is 1. The summed E-state index contributed by atoms with van der Waals surface area (Å²) in [5, 5.41) is 4.35. The van der Waals surface area contributed by atoms with Crippen LogP contribution in [0.4, 0.5) is 0 Å². The Kier molecular flexibility index (Phi) is 2.94. The molecule has 0 saturated carbocycles. The zero-order valence-corrected chi connectivity index (χ0v) is 11.8. The summed E-state index contributed by atoms with van der Waals surface area (Å²) in [7, 11) is 0. The standard InChI is InChI=1S/C15H15N3OS/c1-2-14(19-6-1)13-8-16-15-10-17(4-5-18(13)15)9-12-3-7-20-11-12/h1-3,6-8,11H,4-5,9-10H2. The van der Waals surface area contributed by atoms with E-state index in [0.717, 1.165) is 43.5 Å². The largest absolute Gasteiger partial charge is 0.463 e. The lowest BCUT2D eigenvalue weighted by Gasteiger charge is -2.27. The smallest absolute Gasteiger partial charge is 0.151 e. The van der Waals surface area contributed by atoms with Crippen molar-refractivity contribution in [3.05, 3.63) is 52.8 Å². The monoisotopic (exact) mass is 285 g/mol. The molecule has 0 atom stereocenters. The summed E-state index contributed by atoms with van der Waals surface area (Å²) in [6, 6.07) is 6.10. The van der Waals surface area contributed by atoms with Gasteiger partial charge in [-0.2, -0.15) is 11.3 Å². The van der Waals surface area contributed by atoms with Crippen LogP contribution in [0.25, 0.3) is 11.5 Å². The highest BCUT2D eigenvalue weighted by molar-refractivity contribution is 7.07. The van der Waals surface area contributed by atoms with Gasteiger partial charge < -0.3 is 8.98 Å². The highest BCUT2D eigenvalue weighted by Crippen LogP contribution is 2.25. The van der Waals surface area contributed by atoms with Crippen molar-refractivity contribution < 1.29 is 4.42 Å². The molecule has 5 heteroatoms. The normalized spacial score (nSPS) is 15.4. The van der Waals surface area contributed by atoms with E-state index in [1.165, 1.54) is 5.56 Å². The SMILES string of the molecule is c1coc(-c2cnc3n2CCN(Cc2ccsc2)C3)c1. The van der Waals surface area contributed by atoms with Crippen molar-refractivity contribution in [2.75, 3.05) is 6.54 Å². The fourth-order valence-corrected chi connectivity index (χ4v) is 3.37. The average Bonchev–Trinajstić information content (AvgIpc) is 3.19. The molecular weight excluding hydrogens is 270 g/mol. The van der Waals surface area contributed by atoms with E-state index >= 15 is 0 Å². The number of hydrogen-bond donors (Lipinski definition) is 0. The molecule has 0 fully saturated rings. The second-order valence-electron chi connectivity index (χ2n) is 5.03.